The van der Waals surface area contributed by atoms with Crippen molar-refractivity contribution in [3.05, 3.63) is 18.0 Å². The van der Waals surface area contributed by atoms with Crippen molar-refractivity contribution in [1.82, 2.24) is 25.3 Å². The topological polar surface area (TPSA) is 79.3 Å². The van der Waals surface area contributed by atoms with Crippen molar-refractivity contribution < 1.29 is 9.59 Å². The van der Waals surface area contributed by atoms with E-state index in [1.807, 2.05) is 26.4 Å². The van der Waals surface area contributed by atoms with Crippen LogP contribution in [0, 0.1) is 5.92 Å². The Morgan fingerprint density at radius 1 is 1.43 bits per heavy atom. The van der Waals surface area contributed by atoms with E-state index in [4.69, 9.17) is 0 Å². The Morgan fingerprint density at radius 3 is 2.87 bits per heavy atom. The van der Waals surface area contributed by atoms with E-state index >= 15 is 0 Å². The fourth-order valence-electron chi connectivity index (χ4n) is 3.52. The smallest absolute Gasteiger partial charge is 0.242 e. The van der Waals surface area contributed by atoms with Gasteiger partial charge in [0.05, 0.1) is 12.1 Å². The lowest BCUT2D eigenvalue weighted by molar-refractivity contribution is -0.146. The Morgan fingerprint density at radius 2 is 2.22 bits per heavy atom. The molecular formula is C15H24ClN5O2. The molecule has 2 fully saturated rings. The van der Waals surface area contributed by atoms with E-state index in [1.165, 1.54) is 0 Å². The summed E-state index contributed by atoms with van der Waals surface area (Å²) in [4.78, 5) is 26.7. The van der Waals surface area contributed by atoms with Gasteiger partial charge in [-0.05, 0) is 12.0 Å². The number of halogens is 1. The number of carbonyl (C=O) groups excluding carboxylic acids is 2. The van der Waals surface area contributed by atoms with E-state index in [-0.39, 0.29) is 42.1 Å². The molecule has 0 saturated carbocycles. The first-order valence-electron chi connectivity index (χ1n) is 7.89. The Labute approximate surface area is 142 Å². The number of hydrogen-bond donors (Lipinski definition) is 2. The second kappa shape index (κ2) is 7.31. The van der Waals surface area contributed by atoms with Crippen LogP contribution in [0.15, 0.2) is 12.4 Å². The van der Waals surface area contributed by atoms with Crippen molar-refractivity contribution in [3.63, 3.8) is 0 Å². The Bertz CT molecular complexity index is 576. The number of amides is 2. The highest BCUT2D eigenvalue weighted by molar-refractivity contribution is 5.90. The molecule has 3 rings (SSSR count). The third kappa shape index (κ3) is 3.35. The van der Waals surface area contributed by atoms with Crippen LogP contribution < -0.4 is 10.6 Å². The highest BCUT2D eigenvalue weighted by Gasteiger charge is 2.41. The van der Waals surface area contributed by atoms with E-state index in [0.717, 1.165) is 12.1 Å². The van der Waals surface area contributed by atoms with E-state index in [9.17, 15) is 9.59 Å². The van der Waals surface area contributed by atoms with Crippen LogP contribution >= 0.6 is 12.4 Å². The summed E-state index contributed by atoms with van der Waals surface area (Å²) in [7, 11) is 1.88. The summed E-state index contributed by atoms with van der Waals surface area (Å²) in [6.07, 6.45) is 4.45. The lowest BCUT2D eigenvalue weighted by atomic mass is 9.89. The fourth-order valence-corrected chi connectivity index (χ4v) is 3.52. The lowest BCUT2D eigenvalue weighted by Crippen LogP contribution is -2.58. The van der Waals surface area contributed by atoms with Gasteiger partial charge in [-0.1, -0.05) is 6.92 Å². The third-order valence-electron chi connectivity index (χ3n) is 4.68. The Hall–Kier alpha value is -1.60. The standard InChI is InChI=1S/C15H23N5O2.ClH/c1-3-13-14(21)17-4-5-20(13)15(22)12-8-16-7-11(12)10-6-18-19(2)9-10;/h6,9,11-13,16H,3-5,7-8H2,1-2H3,(H,17,21);1H/t11-,12+,13?;/m1./s1. The molecule has 23 heavy (non-hydrogen) atoms. The number of piperazine rings is 1. The van der Waals surface area contributed by atoms with E-state index in [0.29, 0.717) is 26.1 Å². The maximum atomic E-state index is 13.0. The van der Waals surface area contributed by atoms with E-state index in [2.05, 4.69) is 15.7 Å². The van der Waals surface area contributed by atoms with Crippen molar-refractivity contribution in [2.24, 2.45) is 13.0 Å². The molecule has 1 aromatic rings. The zero-order valence-electron chi connectivity index (χ0n) is 13.5. The van der Waals surface area contributed by atoms with E-state index in [1.54, 1.807) is 9.58 Å². The summed E-state index contributed by atoms with van der Waals surface area (Å²) < 4.78 is 1.76. The molecule has 3 atom stereocenters. The predicted octanol–water partition coefficient (Wildman–Crippen LogP) is -0.118. The number of carbonyl (C=O) groups is 2. The Kier molecular flexibility index (Phi) is 5.64. The number of aryl methyl sites for hydroxylation is 1. The SMILES string of the molecule is CCC1C(=O)NCCN1C(=O)[C@H]1CNC[C@@H]1c1cnn(C)c1.Cl. The largest absolute Gasteiger partial charge is 0.353 e. The lowest BCUT2D eigenvalue weighted by Gasteiger charge is -2.36. The van der Waals surface area contributed by atoms with Crippen molar-refractivity contribution >= 4 is 24.2 Å². The van der Waals surface area contributed by atoms with Crippen molar-refractivity contribution in [2.75, 3.05) is 26.2 Å². The van der Waals surface area contributed by atoms with Gasteiger partial charge in [-0.15, -0.1) is 12.4 Å². The molecule has 1 unspecified atom stereocenters. The van der Waals surface area contributed by atoms with Crippen LogP contribution in [0.5, 0.6) is 0 Å². The van der Waals surface area contributed by atoms with Gasteiger partial charge in [0.1, 0.15) is 6.04 Å². The number of nitrogens with zero attached hydrogens (tertiary/aromatic N) is 3. The molecule has 0 aromatic carbocycles. The first-order valence-corrected chi connectivity index (χ1v) is 7.89. The zero-order valence-corrected chi connectivity index (χ0v) is 14.3. The molecule has 128 valence electrons. The molecule has 0 bridgehead atoms. The molecule has 0 radical (unpaired) electrons. The van der Waals surface area contributed by atoms with Crippen molar-refractivity contribution in [3.8, 4) is 0 Å². The first-order chi connectivity index (χ1) is 10.6. The van der Waals surface area contributed by atoms with Gasteiger partial charge in [0, 0.05) is 45.3 Å². The summed E-state index contributed by atoms with van der Waals surface area (Å²) in [6.45, 7) is 4.52. The quantitative estimate of drug-likeness (QED) is 0.803. The molecule has 1 aromatic heterocycles. The van der Waals surface area contributed by atoms with Gasteiger partial charge in [-0.3, -0.25) is 14.3 Å². The number of nitrogens with one attached hydrogen (secondary N) is 2. The van der Waals surface area contributed by atoms with Crippen LogP contribution in [0.25, 0.3) is 0 Å². The van der Waals surface area contributed by atoms with Gasteiger partial charge in [-0.2, -0.15) is 5.10 Å². The normalized spacial score (nSPS) is 27.5. The monoisotopic (exact) mass is 341 g/mol. The molecule has 0 aliphatic carbocycles. The average Bonchev–Trinajstić information content (AvgIpc) is 3.14. The third-order valence-corrected chi connectivity index (χ3v) is 4.68. The van der Waals surface area contributed by atoms with Crippen LogP contribution in [0.3, 0.4) is 0 Å². The molecule has 2 N–H and O–H groups in total. The maximum absolute atomic E-state index is 13.0. The average molecular weight is 342 g/mol. The van der Waals surface area contributed by atoms with Gasteiger partial charge < -0.3 is 15.5 Å². The molecule has 7 nitrogen and oxygen atoms in total. The summed E-state index contributed by atoms with van der Waals surface area (Å²) in [6, 6.07) is -0.337. The van der Waals surface area contributed by atoms with Gasteiger partial charge in [0.15, 0.2) is 0 Å². The first kappa shape index (κ1) is 17.7. The van der Waals surface area contributed by atoms with Gasteiger partial charge >= 0.3 is 0 Å². The minimum absolute atomic E-state index is 0. The highest BCUT2D eigenvalue weighted by atomic mass is 35.5. The molecule has 8 heteroatoms. The van der Waals surface area contributed by atoms with Crippen molar-refractivity contribution in [2.45, 2.75) is 25.3 Å². The highest BCUT2D eigenvalue weighted by Crippen LogP contribution is 2.30. The van der Waals surface area contributed by atoms with Crippen LogP contribution in [0.4, 0.5) is 0 Å². The molecule has 2 aliphatic heterocycles. The minimum atomic E-state index is -0.337. The van der Waals surface area contributed by atoms with Crippen LogP contribution in [0.2, 0.25) is 0 Å². The van der Waals surface area contributed by atoms with Crippen LogP contribution in [-0.2, 0) is 16.6 Å². The fraction of sp³-hybridized carbons (Fsp3) is 0.667. The molecule has 0 spiro atoms. The predicted molar refractivity (Wildman–Crippen MR) is 88.4 cm³/mol. The zero-order chi connectivity index (χ0) is 15.7. The molecular weight excluding hydrogens is 318 g/mol. The number of aromatic nitrogens is 2. The van der Waals surface area contributed by atoms with Gasteiger partial charge in [-0.25, -0.2) is 0 Å². The van der Waals surface area contributed by atoms with E-state index < -0.39 is 0 Å². The maximum Gasteiger partial charge on any atom is 0.242 e. The summed E-state index contributed by atoms with van der Waals surface area (Å²) in [5.74, 6) is 0.0550. The molecule has 2 aliphatic rings. The van der Waals surface area contributed by atoms with Crippen LogP contribution in [0.1, 0.15) is 24.8 Å². The summed E-state index contributed by atoms with van der Waals surface area (Å²) in [5.41, 5.74) is 1.08. The van der Waals surface area contributed by atoms with Crippen LogP contribution in [-0.4, -0.2) is 58.7 Å². The Balaban J connectivity index is 0.00000192. The molecule has 3 heterocycles. The summed E-state index contributed by atoms with van der Waals surface area (Å²) in [5, 5.41) is 10.4. The molecule has 2 saturated heterocycles. The second-order valence-corrected chi connectivity index (χ2v) is 6.07. The summed E-state index contributed by atoms with van der Waals surface area (Å²) >= 11 is 0. The number of hydrogen-bond acceptors (Lipinski definition) is 4. The van der Waals surface area contributed by atoms with Gasteiger partial charge in [0.25, 0.3) is 0 Å². The van der Waals surface area contributed by atoms with Gasteiger partial charge in [0.2, 0.25) is 11.8 Å². The van der Waals surface area contributed by atoms with Crippen molar-refractivity contribution in [1.29, 1.82) is 0 Å². The molecule has 2 amide bonds. The second-order valence-electron chi connectivity index (χ2n) is 6.07. The minimum Gasteiger partial charge on any atom is -0.353 e. The number of rotatable bonds is 3.